The lowest BCUT2D eigenvalue weighted by Crippen LogP contribution is -2.22. The molecule has 0 aliphatic carbocycles. The molecule has 0 spiro atoms. The number of carbonyl (C=O) groups is 1. The van der Waals surface area contributed by atoms with Crippen LogP contribution in [0.3, 0.4) is 0 Å². The van der Waals surface area contributed by atoms with Crippen molar-refractivity contribution in [3.05, 3.63) is 70.1 Å². The zero-order valence-corrected chi connectivity index (χ0v) is 19.4. The number of hydrogen-bond donors (Lipinski definition) is 2. The van der Waals surface area contributed by atoms with Crippen LogP contribution in [-0.2, 0) is 11.2 Å². The summed E-state index contributed by atoms with van der Waals surface area (Å²) in [5.74, 6) is 0.398. The van der Waals surface area contributed by atoms with Gasteiger partial charge in [0.15, 0.2) is 11.5 Å². The minimum Gasteiger partial charge on any atom is -0.493 e. The minimum absolute atomic E-state index is 0.185. The third kappa shape index (κ3) is 5.66. The molecule has 10 heteroatoms. The number of rotatable bonds is 9. The van der Waals surface area contributed by atoms with E-state index in [2.05, 4.69) is 16.5 Å². The van der Waals surface area contributed by atoms with Crippen molar-refractivity contribution in [3.8, 4) is 23.3 Å². The number of aromatic nitrogens is 2. The summed E-state index contributed by atoms with van der Waals surface area (Å²) in [4.78, 5) is 12.2. The molecule has 0 saturated carbocycles. The SMILES string of the molecule is COc1cc(C=CC(=O)NCCCc2nn(-c3ccc(F)cc3)c(N)c2C#N)cc(Cl)c1OC. The van der Waals surface area contributed by atoms with Crippen molar-refractivity contribution in [1.82, 2.24) is 15.1 Å². The number of ether oxygens (including phenoxy) is 2. The van der Waals surface area contributed by atoms with Crippen molar-refractivity contribution >= 4 is 29.4 Å². The Labute approximate surface area is 201 Å². The number of methoxy groups -OCH3 is 2. The molecule has 0 atom stereocenters. The maximum atomic E-state index is 13.2. The van der Waals surface area contributed by atoms with Crippen LogP contribution >= 0.6 is 11.6 Å². The highest BCUT2D eigenvalue weighted by molar-refractivity contribution is 6.32. The highest BCUT2D eigenvalue weighted by Gasteiger charge is 2.16. The van der Waals surface area contributed by atoms with Crippen LogP contribution in [0.2, 0.25) is 5.02 Å². The number of benzene rings is 2. The average Bonchev–Trinajstić information content (AvgIpc) is 3.15. The van der Waals surface area contributed by atoms with Gasteiger partial charge in [0, 0.05) is 12.6 Å². The van der Waals surface area contributed by atoms with Crippen LogP contribution in [0, 0.1) is 17.1 Å². The van der Waals surface area contributed by atoms with Crippen molar-refractivity contribution in [2.75, 3.05) is 26.5 Å². The zero-order valence-electron chi connectivity index (χ0n) is 18.6. The van der Waals surface area contributed by atoms with Gasteiger partial charge in [-0.15, -0.1) is 0 Å². The van der Waals surface area contributed by atoms with E-state index in [-0.39, 0.29) is 23.1 Å². The predicted octanol–water partition coefficient (Wildman–Crippen LogP) is 3.90. The summed E-state index contributed by atoms with van der Waals surface area (Å²) in [6.07, 6.45) is 3.97. The number of nitrogens with one attached hydrogen (secondary N) is 1. The maximum absolute atomic E-state index is 13.2. The smallest absolute Gasteiger partial charge is 0.243 e. The summed E-state index contributed by atoms with van der Waals surface area (Å²) >= 11 is 6.18. The molecule has 0 bridgehead atoms. The molecule has 3 rings (SSSR count). The van der Waals surface area contributed by atoms with E-state index < -0.39 is 0 Å². The number of nitrogens with two attached hydrogens (primary N) is 1. The summed E-state index contributed by atoms with van der Waals surface area (Å²) in [5.41, 5.74) is 8.06. The third-order valence-corrected chi connectivity index (χ3v) is 5.23. The second kappa shape index (κ2) is 11.2. The van der Waals surface area contributed by atoms with Gasteiger partial charge in [0.1, 0.15) is 23.3 Å². The third-order valence-electron chi connectivity index (χ3n) is 4.95. The zero-order chi connectivity index (χ0) is 24.7. The Morgan fingerprint density at radius 2 is 2.03 bits per heavy atom. The number of anilines is 1. The van der Waals surface area contributed by atoms with Gasteiger partial charge in [0.05, 0.1) is 30.6 Å². The van der Waals surface area contributed by atoms with Gasteiger partial charge in [-0.05, 0) is 60.9 Å². The molecule has 3 N–H and O–H groups in total. The molecular weight excluding hydrogens is 461 g/mol. The Hall–Kier alpha value is -4.03. The lowest BCUT2D eigenvalue weighted by Gasteiger charge is -2.10. The van der Waals surface area contributed by atoms with Gasteiger partial charge in [0.25, 0.3) is 0 Å². The second-order valence-electron chi connectivity index (χ2n) is 7.17. The maximum Gasteiger partial charge on any atom is 0.243 e. The first-order valence-corrected chi connectivity index (χ1v) is 10.7. The number of nitriles is 1. The fourth-order valence-corrected chi connectivity index (χ4v) is 3.58. The molecule has 8 nitrogen and oxygen atoms in total. The summed E-state index contributed by atoms with van der Waals surface area (Å²) in [6, 6.07) is 11.1. The monoisotopic (exact) mass is 483 g/mol. The van der Waals surface area contributed by atoms with Crippen LogP contribution in [0.15, 0.2) is 42.5 Å². The molecule has 1 aromatic heterocycles. The van der Waals surface area contributed by atoms with E-state index in [4.69, 9.17) is 26.8 Å². The number of hydrogen-bond acceptors (Lipinski definition) is 6. The molecule has 2 aromatic carbocycles. The molecule has 3 aromatic rings. The highest BCUT2D eigenvalue weighted by atomic mass is 35.5. The van der Waals surface area contributed by atoms with Crippen molar-refractivity contribution in [3.63, 3.8) is 0 Å². The van der Waals surface area contributed by atoms with Crippen molar-refractivity contribution in [2.45, 2.75) is 12.8 Å². The molecule has 0 fully saturated rings. The standard InChI is InChI=1S/C24H23ClFN5O3/c1-33-21-13-15(12-19(25)23(21)34-2)5-10-22(32)29-11-3-4-20-18(14-27)24(28)31(30-20)17-8-6-16(26)7-9-17/h5-10,12-13H,3-4,11,28H2,1-2H3,(H,29,32). The van der Waals surface area contributed by atoms with Crippen LogP contribution in [0.25, 0.3) is 11.8 Å². The lowest BCUT2D eigenvalue weighted by molar-refractivity contribution is -0.116. The molecule has 0 aliphatic heterocycles. The normalized spacial score (nSPS) is 10.8. The molecule has 0 radical (unpaired) electrons. The quantitative estimate of drug-likeness (QED) is 0.352. The van der Waals surface area contributed by atoms with Crippen LogP contribution in [0.4, 0.5) is 10.2 Å². The molecule has 1 amide bonds. The number of halogens is 2. The van der Waals surface area contributed by atoms with E-state index in [1.807, 2.05) is 0 Å². The number of nitrogen functional groups attached to an aromatic ring is 1. The molecular formula is C24H23ClFN5O3. The van der Waals surface area contributed by atoms with E-state index in [0.29, 0.717) is 52.9 Å². The molecule has 0 aliphatic rings. The Bertz CT molecular complexity index is 1250. The van der Waals surface area contributed by atoms with E-state index in [9.17, 15) is 14.4 Å². The summed E-state index contributed by atoms with van der Waals surface area (Å²) in [5, 5.41) is 17.0. The van der Waals surface area contributed by atoms with Gasteiger partial charge in [-0.25, -0.2) is 9.07 Å². The average molecular weight is 484 g/mol. The van der Waals surface area contributed by atoms with Crippen LogP contribution in [-0.4, -0.2) is 36.5 Å². The van der Waals surface area contributed by atoms with Crippen molar-refractivity contribution < 1.29 is 18.7 Å². The lowest BCUT2D eigenvalue weighted by atomic mass is 10.1. The van der Waals surface area contributed by atoms with E-state index in [1.54, 1.807) is 18.2 Å². The Morgan fingerprint density at radius 1 is 1.29 bits per heavy atom. The van der Waals surface area contributed by atoms with Crippen LogP contribution < -0.4 is 20.5 Å². The van der Waals surface area contributed by atoms with Crippen LogP contribution in [0.5, 0.6) is 11.5 Å². The first-order valence-electron chi connectivity index (χ1n) is 10.3. The number of carbonyl (C=O) groups excluding carboxylic acids is 1. The Kier molecular flexibility index (Phi) is 8.11. The Morgan fingerprint density at radius 3 is 2.68 bits per heavy atom. The van der Waals surface area contributed by atoms with Gasteiger partial charge in [0.2, 0.25) is 5.91 Å². The van der Waals surface area contributed by atoms with Crippen molar-refractivity contribution in [1.29, 1.82) is 5.26 Å². The highest BCUT2D eigenvalue weighted by Crippen LogP contribution is 2.36. The molecule has 176 valence electrons. The van der Waals surface area contributed by atoms with E-state index in [1.165, 1.54) is 49.2 Å². The van der Waals surface area contributed by atoms with Gasteiger partial charge in [-0.1, -0.05) is 11.6 Å². The summed E-state index contributed by atoms with van der Waals surface area (Å²) < 4.78 is 25.0. The molecule has 1 heterocycles. The van der Waals surface area contributed by atoms with Gasteiger partial charge in [-0.2, -0.15) is 10.4 Å². The first-order chi connectivity index (χ1) is 16.4. The largest absolute Gasteiger partial charge is 0.493 e. The number of aryl methyl sites for hydroxylation is 1. The molecule has 0 saturated heterocycles. The van der Waals surface area contributed by atoms with E-state index >= 15 is 0 Å². The summed E-state index contributed by atoms with van der Waals surface area (Å²) in [7, 11) is 3.00. The number of amides is 1. The van der Waals surface area contributed by atoms with E-state index in [0.717, 1.165) is 0 Å². The topological polar surface area (TPSA) is 115 Å². The molecule has 34 heavy (non-hydrogen) atoms. The fraction of sp³-hybridized carbons (Fsp3) is 0.208. The second-order valence-corrected chi connectivity index (χ2v) is 7.58. The van der Waals surface area contributed by atoms with Crippen molar-refractivity contribution in [2.24, 2.45) is 0 Å². The minimum atomic E-state index is -0.380. The van der Waals surface area contributed by atoms with Gasteiger partial charge in [-0.3, -0.25) is 4.79 Å². The van der Waals surface area contributed by atoms with Gasteiger partial charge >= 0.3 is 0 Å². The predicted molar refractivity (Wildman–Crippen MR) is 128 cm³/mol. The van der Waals surface area contributed by atoms with Gasteiger partial charge < -0.3 is 20.5 Å². The Balaban J connectivity index is 1.58. The number of nitrogens with zero attached hydrogens (tertiary/aromatic N) is 3. The molecule has 0 unspecified atom stereocenters. The van der Waals surface area contributed by atoms with Crippen LogP contribution in [0.1, 0.15) is 23.2 Å². The first kappa shape index (κ1) is 24.6. The fourth-order valence-electron chi connectivity index (χ4n) is 3.29. The summed E-state index contributed by atoms with van der Waals surface area (Å²) in [6.45, 7) is 0.365.